The second kappa shape index (κ2) is 8.84. The van der Waals surface area contributed by atoms with E-state index in [9.17, 15) is 13.2 Å². The number of ether oxygens (including phenoxy) is 2. The van der Waals surface area contributed by atoms with E-state index in [4.69, 9.17) is 32.7 Å². The van der Waals surface area contributed by atoms with E-state index >= 15 is 0 Å². The van der Waals surface area contributed by atoms with Gasteiger partial charge < -0.3 is 20.1 Å². The van der Waals surface area contributed by atoms with Crippen LogP contribution in [0.4, 0.5) is 10.5 Å². The molecule has 0 atom stereocenters. The smallest absolute Gasteiger partial charge is 0.314 e. The van der Waals surface area contributed by atoms with Gasteiger partial charge in [0.05, 0.1) is 48.3 Å². The fraction of sp³-hybridized carbons (Fsp3) is 0.400. The fourth-order valence-corrected chi connectivity index (χ4v) is 3.81. The van der Waals surface area contributed by atoms with Crippen LogP contribution in [-0.4, -0.2) is 65.0 Å². The fourth-order valence-electron chi connectivity index (χ4n) is 2.39. The largest absolute Gasteiger partial charge is 0.477 e. The van der Waals surface area contributed by atoms with E-state index < -0.39 is 16.1 Å². The predicted molar refractivity (Wildman–Crippen MR) is 107 cm³/mol. The zero-order chi connectivity index (χ0) is 21.1. The first-order valence-corrected chi connectivity index (χ1v) is 10.5. The summed E-state index contributed by atoms with van der Waals surface area (Å²) in [5, 5.41) is 4.95. The zero-order valence-electron chi connectivity index (χ0n) is 15.5. The van der Waals surface area contributed by atoms with E-state index in [1.165, 1.54) is 27.3 Å². The van der Waals surface area contributed by atoms with Crippen molar-refractivity contribution in [3.05, 3.63) is 16.1 Å². The number of hydrogen-bond acceptors (Lipinski definition) is 7. The van der Waals surface area contributed by atoms with Gasteiger partial charge in [-0.3, -0.25) is 4.31 Å². The van der Waals surface area contributed by atoms with Gasteiger partial charge in [0, 0.05) is 13.6 Å². The molecular formula is C15H19Cl2N5O5S. The number of carbonyl (C=O) groups is 1. The van der Waals surface area contributed by atoms with Crippen LogP contribution < -0.4 is 24.4 Å². The van der Waals surface area contributed by atoms with Crippen molar-refractivity contribution in [1.29, 1.82) is 0 Å². The Bertz CT molecular complexity index is 1000. The van der Waals surface area contributed by atoms with Crippen LogP contribution in [-0.2, 0) is 10.0 Å². The van der Waals surface area contributed by atoms with Crippen molar-refractivity contribution < 1.29 is 22.7 Å². The standard InChI is InChI=1S/C15H19Cl2N5O5S/c1-18-15(23)19-5-6-22(28(4,24)25)12-10(17)8(16)7-9-11(12)21-14(27-3)13(20-9)26-2/h7H,5-6H2,1-4H3,(H2,18,19,23). The van der Waals surface area contributed by atoms with Gasteiger partial charge in [-0.2, -0.15) is 0 Å². The Labute approximate surface area is 172 Å². The number of halogens is 2. The third kappa shape index (κ3) is 4.59. The van der Waals surface area contributed by atoms with E-state index in [-0.39, 0.29) is 51.6 Å². The number of aromatic nitrogens is 2. The van der Waals surface area contributed by atoms with Gasteiger partial charge in [0.2, 0.25) is 10.0 Å². The van der Waals surface area contributed by atoms with Crippen LogP contribution in [0, 0.1) is 0 Å². The number of benzene rings is 1. The number of nitrogens with zero attached hydrogens (tertiary/aromatic N) is 3. The van der Waals surface area contributed by atoms with Gasteiger partial charge in [0.1, 0.15) is 5.52 Å². The monoisotopic (exact) mass is 451 g/mol. The highest BCUT2D eigenvalue weighted by atomic mass is 35.5. The summed E-state index contributed by atoms with van der Waals surface area (Å²) in [6.07, 6.45) is 1.00. The maximum atomic E-state index is 12.5. The maximum absolute atomic E-state index is 12.5. The minimum Gasteiger partial charge on any atom is -0.477 e. The summed E-state index contributed by atoms with van der Waals surface area (Å²) in [7, 11) is 0.400. The number of rotatable bonds is 7. The molecule has 0 saturated carbocycles. The summed E-state index contributed by atoms with van der Waals surface area (Å²) in [6.45, 7) is -0.102. The number of amides is 2. The molecule has 0 aliphatic carbocycles. The Morgan fingerprint density at radius 2 is 1.82 bits per heavy atom. The van der Waals surface area contributed by atoms with Crippen LogP contribution in [0.3, 0.4) is 0 Å². The van der Waals surface area contributed by atoms with Crippen LogP contribution >= 0.6 is 23.2 Å². The second-order valence-electron chi connectivity index (χ2n) is 5.47. The Hall–Kier alpha value is -2.24. The second-order valence-corrected chi connectivity index (χ2v) is 8.16. The van der Waals surface area contributed by atoms with Gasteiger partial charge in [-0.25, -0.2) is 23.2 Å². The molecule has 2 N–H and O–H groups in total. The maximum Gasteiger partial charge on any atom is 0.314 e. The molecule has 1 aromatic heterocycles. The molecule has 2 amide bonds. The minimum absolute atomic E-state index is 0.0117. The number of carbonyl (C=O) groups excluding carboxylic acids is 1. The van der Waals surface area contributed by atoms with E-state index in [1.54, 1.807) is 0 Å². The lowest BCUT2D eigenvalue weighted by Gasteiger charge is -2.25. The number of sulfonamides is 1. The van der Waals surface area contributed by atoms with Gasteiger partial charge in [-0.05, 0) is 6.07 Å². The van der Waals surface area contributed by atoms with Gasteiger partial charge in [-0.1, -0.05) is 23.2 Å². The Morgan fingerprint density at radius 3 is 2.36 bits per heavy atom. The highest BCUT2D eigenvalue weighted by Crippen LogP contribution is 2.41. The van der Waals surface area contributed by atoms with Gasteiger partial charge in [0.15, 0.2) is 0 Å². The molecule has 13 heteroatoms. The van der Waals surface area contributed by atoms with Crippen LogP contribution in [0.25, 0.3) is 11.0 Å². The summed E-state index contributed by atoms with van der Waals surface area (Å²) in [4.78, 5) is 19.9. The third-order valence-corrected chi connectivity index (χ3v) is 5.57. The van der Waals surface area contributed by atoms with Crippen molar-refractivity contribution >= 4 is 56.0 Å². The van der Waals surface area contributed by atoms with E-state index in [0.29, 0.717) is 0 Å². The quantitative estimate of drug-likeness (QED) is 0.655. The molecule has 28 heavy (non-hydrogen) atoms. The first-order valence-electron chi connectivity index (χ1n) is 7.85. The SMILES string of the molecule is CNC(=O)NCCN(c1c(Cl)c(Cl)cc2nc(OC)c(OC)nc12)S(C)(=O)=O. The number of fused-ring (bicyclic) bond motifs is 1. The van der Waals surface area contributed by atoms with E-state index in [0.717, 1.165) is 10.6 Å². The number of anilines is 1. The number of nitrogens with one attached hydrogen (secondary N) is 2. The number of methoxy groups -OCH3 is 2. The topological polar surface area (TPSA) is 123 Å². The summed E-state index contributed by atoms with van der Waals surface area (Å²) in [5.41, 5.74) is 0.436. The molecule has 1 aromatic carbocycles. The van der Waals surface area contributed by atoms with Crippen molar-refractivity contribution in [3.63, 3.8) is 0 Å². The predicted octanol–water partition coefficient (Wildman–Crippen LogP) is 1.65. The first kappa shape index (κ1) is 22.1. The van der Waals surface area contributed by atoms with E-state index in [1.807, 2.05) is 0 Å². The molecule has 0 aliphatic heterocycles. The van der Waals surface area contributed by atoms with Crippen LogP contribution in [0.1, 0.15) is 0 Å². The molecule has 0 unspecified atom stereocenters. The molecule has 0 bridgehead atoms. The molecule has 0 radical (unpaired) electrons. The lowest BCUT2D eigenvalue weighted by Crippen LogP contribution is -2.41. The van der Waals surface area contributed by atoms with Gasteiger partial charge in [-0.15, -0.1) is 0 Å². The summed E-state index contributed by atoms with van der Waals surface area (Å²) in [5.74, 6) is 0.151. The highest BCUT2D eigenvalue weighted by Gasteiger charge is 2.27. The molecule has 154 valence electrons. The molecule has 10 nitrogen and oxygen atoms in total. The molecule has 0 fully saturated rings. The van der Waals surface area contributed by atoms with Crippen molar-refractivity contribution in [2.75, 3.05) is 44.9 Å². The number of urea groups is 1. The minimum atomic E-state index is -3.81. The Kier molecular flexibility index (Phi) is 6.96. The zero-order valence-corrected chi connectivity index (χ0v) is 17.9. The van der Waals surface area contributed by atoms with Crippen LogP contribution in [0.2, 0.25) is 10.0 Å². The molecular weight excluding hydrogens is 433 g/mol. The molecule has 1 heterocycles. The van der Waals surface area contributed by atoms with Crippen molar-refractivity contribution in [1.82, 2.24) is 20.6 Å². The van der Waals surface area contributed by atoms with Crippen molar-refractivity contribution in [3.8, 4) is 11.8 Å². The van der Waals surface area contributed by atoms with Crippen molar-refractivity contribution in [2.24, 2.45) is 0 Å². The average molecular weight is 452 g/mol. The summed E-state index contributed by atoms with van der Waals surface area (Å²) < 4.78 is 36.2. The van der Waals surface area contributed by atoms with Gasteiger partial charge >= 0.3 is 6.03 Å². The molecule has 0 saturated heterocycles. The first-order chi connectivity index (χ1) is 13.1. The van der Waals surface area contributed by atoms with Gasteiger partial charge in [0.25, 0.3) is 11.8 Å². The summed E-state index contributed by atoms with van der Waals surface area (Å²) >= 11 is 12.5. The van der Waals surface area contributed by atoms with Crippen LogP contribution in [0.5, 0.6) is 11.8 Å². The number of hydrogen-bond donors (Lipinski definition) is 2. The molecule has 0 spiro atoms. The average Bonchev–Trinajstić information content (AvgIpc) is 2.65. The molecule has 0 aliphatic rings. The lowest BCUT2D eigenvalue weighted by atomic mass is 10.2. The highest BCUT2D eigenvalue weighted by molar-refractivity contribution is 7.92. The van der Waals surface area contributed by atoms with Crippen LogP contribution in [0.15, 0.2) is 6.07 Å². The summed E-state index contributed by atoms with van der Waals surface area (Å²) in [6, 6.07) is 0.989. The normalized spacial score (nSPS) is 11.2. The van der Waals surface area contributed by atoms with Crippen molar-refractivity contribution in [2.45, 2.75) is 0 Å². The van der Waals surface area contributed by atoms with E-state index in [2.05, 4.69) is 20.6 Å². The molecule has 2 rings (SSSR count). The third-order valence-electron chi connectivity index (χ3n) is 3.63. The lowest BCUT2D eigenvalue weighted by molar-refractivity contribution is 0.243. The Balaban J connectivity index is 2.68. The molecule has 2 aromatic rings. The Morgan fingerprint density at radius 1 is 1.21 bits per heavy atom.